The molecule has 0 aliphatic carbocycles. The minimum absolute atomic E-state index is 0.360. The summed E-state index contributed by atoms with van der Waals surface area (Å²) >= 11 is 0. The van der Waals surface area contributed by atoms with E-state index >= 15 is 0 Å². The Morgan fingerprint density at radius 2 is 1.64 bits per heavy atom. The standard InChI is InChI=1S/C10H24OSi3/c1-8-10-9-12(2,3)14(6,7)13(4,5)11-10/h8,10H,1,9H2,2-7H3. The van der Waals surface area contributed by atoms with Gasteiger partial charge in [-0.15, -0.1) is 6.58 Å². The maximum atomic E-state index is 6.29. The van der Waals surface area contributed by atoms with Crippen LogP contribution in [0.15, 0.2) is 12.7 Å². The summed E-state index contributed by atoms with van der Waals surface area (Å²) in [5, 5.41) is 0. The van der Waals surface area contributed by atoms with Gasteiger partial charge in [0.05, 0.1) is 13.2 Å². The van der Waals surface area contributed by atoms with Crippen LogP contribution in [0.25, 0.3) is 0 Å². The van der Waals surface area contributed by atoms with E-state index in [1.165, 1.54) is 6.04 Å². The quantitative estimate of drug-likeness (QED) is 0.508. The van der Waals surface area contributed by atoms with E-state index in [0.29, 0.717) is 6.10 Å². The minimum atomic E-state index is -1.41. The highest BCUT2D eigenvalue weighted by molar-refractivity contribution is 7.67. The normalized spacial score (nSPS) is 33.7. The summed E-state index contributed by atoms with van der Waals surface area (Å²) in [6, 6.07) is 1.30. The van der Waals surface area contributed by atoms with Crippen molar-refractivity contribution in [2.45, 2.75) is 51.4 Å². The molecular formula is C10H24OSi3. The number of hydrogen-bond acceptors (Lipinski definition) is 1. The molecule has 1 nitrogen and oxygen atoms in total. The first-order valence-electron chi connectivity index (χ1n) is 5.44. The van der Waals surface area contributed by atoms with E-state index in [0.717, 1.165) is 0 Å². The summed E-state index contributed by atoms with van der Waals surface area (Å²) in [6.45, 7) is 19.0. The van der Waals surface area contributed by atoms with E-state index in [9.17, 15) is 0 Å². The zero-order valence-corrected chi connectivity index (χ0v) is 13.5. The molecule has 0 N–H and O–H groups in total. The van der Waals surface area contributed by atoms with Crippen LogP contribution in [0.4, 0.5) is 0 Å². The van der Waals surface area contributed by atoms with Crippen molar-refractivity contribution >= 4 is 22.5 Å². The molecule has 0 spiro atoms. The third-order valence-corrected chi connectivity index (χ3v) is 45.0. The Kier molecular flexibility index (Phi) is 3.05. The lowest BCUT2D eigenvalue weighted by Gasteiger charge is -2.54. The largest absolute Gasteiger partial charge is 0.414 e. The van der Waals surface area contributed by atoms with Crippen LogP contribution in [-0.4, -0.2) is 28.6 Å². The van der Waals surface area contributed by atoms with Crippen molar-refractivity contribution < 1.29 is 4.43 Å². The Labute approximate surface area is 91.3 Å². The molecule has 1 heterocycles. The van der Waals surface area contributed by atoms with Crippen molar-refractivity contribution in [3.63, 3.8) is 0 Å². The van der Waals surface area contributed by atoms with E-state index < -0.39 is 22.5 Å². The molecule has 0 aromatic rings. The molecule has 1 unspecified atom stereocenters. The zero-order valence-electron chi connectivity index (χ0n) is 10.5. The predicted octanol–water partition coefficient (Wildman–Crippen LogP) is 3.35. The molecule has 1 aliphatic heterocycles. The average Bonchev–Trinajstić information content (AvgIpc) is 1.99. The molecule has 0 saturated carbocycles. The van der Waals surface area contributed by atoms with Gasteiger partial charge in [0.25, 0.3) is 0 Å². The van der Waals surface area contributed by atoms with Gasteiger partial charge in [-0.25, -0.2) is 0 Å². The van der Waals surface area contributed by atoms with Crippen molar-refractivity contribution in [2.75, 3.05) is 0 Å². The number of rotatable bonds is 1. The van der Waals surface area contributed by atoms with Crippen LogP contribution in [0.5, 0.6) is 0 Å². The molecule has 14 heavy (non-hydrogen) atoms. The van der Waals surface area contributed by atoms with Gasteiger partial charge in [0, 0.05) is 7.59 Å². The molecule has 1 atom stereocenters. The lowest BCUT2D eigenvalue weighted by Crippen LogP contribution is -2.75. The Balaban J connectivity index is 3.05. The van der Waals surface area contributed by atoms with Gasteiger partial charge in [-0.3, -0.25) is 0 Å². The van der Waals surface area contributed by atoms with Gasteiger partial charge in [-0.05, 0) is 19.1 Å². The third kappa shape index (κ3) is 1.73. The first kappa shape index (κ1) is 12.4. The summed E-state index contributed by atoms with van der Waals surface area (Å²) in [5.74, 6) is 0. The predicted molar refractivity (Wildman–Crippen MR) is 72.3 cm³/mol. The van der Waals surface area contributed by atoms with E-state index in [1.54, 1.807) is 0 Å². The Bertz CT molecular complexity index is 226. The third-order valence-electron chi connectivity index (χ3n) is 4.62. The Morgan fingerprint density at radius 1 is 1.14 bits per heavy atom. The van der Waals surface area contributed by atoms with E-state index in [2.05, 4.69) is 45.9 Å². The lowest BCUT2D eigenvalue weighted by molar-refractivity contribution is 0.264. The Morgan fingerprint density at radius 3 is 2.00 bits per heavy atom. The second kappa shape index (κ2) is 3.43. The van der Waals surface area contributed by atoms with E-state index in [1.807, 2.05) is 6.08 Å². The van der Waals surface area contributed by atoms with Crippen LogP contribution in [0.3, 0.4) is 0 Å². The fourth-order valence-electron chi connectivity index (χ4n) is 2.27. The van der Waals surface area contributed by atoms with Gasteiger partial charge in [-0.1, -0.05) is 32.3 Å². The van der Waals surface area contributed by atoms with Crippen molar-refractivity contribution in [2.24, 2.45) is 0 Å². The molecular weight excluding hydrogens is 220 g/mol. The summed E-state index contributed by atoms with van der Waals surface area (Å²) < 4.78 is 6.29. The molecule has 4 heteroatoms. The molecule has 0 bridgehead atoms. The maximum absolute atomic E-state index is 6.29. The van der Waals surface area contributed by atoms with Crippen molar-refractivity contribution in [3.05, 3.63) is 12.7 Å². The second-order valence-corrected chi connectivity index (χ2v) is 33.5. The fourth-order valence-corrected chi connectivity index (χ4v) is 31.5. The molecule has 1 rings (SSSR count). The highest BCUT2D eigenvalue weighted by Gasteiger charge is 2.57. The van der Waals surface area contributed by atoms with E-state index in [-0.39, 0.29) is 0 Å². The van der Waals surface area contributed by atoms with Crippen LogP contribution in [0.2, 0.25) is 45.3 Å². The molecule has 0 aromatic heterocycles. The SMILES string of the molecule is C=CC1C[Si](C)(C)[Si](C)(C)[Si](C)(C)O1. The molecule has 1 fully saturated rings. The van der Waals surface area contributed by atoms with Crippen molar-refractivity contribution in [3.8, 4) is 0 Å². The summed E-state index contributed by atoms with van der Waals surface area (Å²) in [4.78, 5) is 0. The van der Waals surface area contributed by atoms with Gasteiger partial charge >= 0.3 is 0 Å². The topological polar surface area (TPSA) is 9.23 Å². The monoisotopic (exact) mass is 244 g/mol. The van der Waals surface area contributed by atoms with Crippen LogP contribution in [0, 0.1) is 0 Å². The zero-order chi connectivity index (χ0) is 11.2. The second-order valence-electron chi connectivity index (χ2n) is 6.12. The highest BCUT2D eigenvalue weighted by Crippen LogP contribution is 2.39. The fraction of sp³-hybridized carbons (Fsp3) is 0.800. The molecule has 82 valence electrons. The average molecular weight is 245 g/mol. The van der Waals surface area contributed by atoms with Crippen LogP contribution in [-0.2, 0) is 4.43 Å². The highest BCUT2D eigenvalue weighted by atomic mass is 29.6. The lowest BCUT2D eigenvalue weighted by atomic mass is 10.4. The van der Waals surface area contributed by atoms with Crippen molar-refractivity contribution in [1.29, 1.82) is 0 Å². The van der Waals surface area contributed by atoms with Gasteiger partial charge in [0.2, 0.25) is 0 Å². The van der Waals surface area contributed by atoms with Crippen LogP contribution < -0.4 is 0 Å². The first-order chi connectivity index (χ1) is 6.14. The smallest absolute Gasteiger partial charge is 0.172 e. The summed E-state index contributed by atoms with van der Waals surface area (Å²) in [6.07, 6.45) is 2.38. The molecule has 0 radical (unpaired) electrons. The van der Waals surface area contributed by atoms with Crippen LogP contribution >= 0.6 is 0 Å². The van der Waals surface area contributed by atoms with Gasteiger partial charge in [-0.2, -0.15) is 0 Å². The first-order valence-corrected chi connectivity index (χ1v) is 16.6. The molecule has 1 saturated heterocycles. The minimum Gasteiger partial charge on any atom is -0.414 e. The van der Waals surface area contributed by atoms with Gasteiger partial charge in [0.15, 0.2) is 7.83 Å². The molecule has 0 aromatic carbocycles. The molecule has 0 amide bonds. The number of hydrogen-bond donors (Lipinski definition) is 0. The van der Waals surface area contributed by atoms with Gasteiger partial charge < -0.3 is 4.43 Å². The molecule has 1 aliphatic rings. The summed E-state index contributed by atoms with van der Waals surface area (Å²) in [7, 11) is -3.54. The Hall–Kier alpha value is 0.351. The van der Waals surface area contributed by atoms with Gasteiger partial charge in [0.1, 0.15) is 0 Å². The maximum Gasteiger partial charge on any atom is 0.172 e. The van der Waals surface area contributed by atoms with Crippen molar-refractivity contribution in [1.82, 2.24) is 0 Å². The van der Waals surface area contributed by atoms with E-state index in [4.69, 9.17) is 4.43 Å². The summed E-state index contributed by atoms with van der Waals surface area (Å²) in [5.41, 5.74) is 0. The van der Waals surface area contributed by atoms with Crippen LogP contribution in [0.1, 0.15) is 0 Å².